The van der Waals surface area contributed by atoms with Gasteiger partial charge in [-0.2, -0.15) is 22.5 Å². The number of benzene rings is 1. The Balaban J connectivity index is 1.82. The third kappa shape index (κ3) is 4.71. The van der Waals surface area contributed by atoms with Gasteiger partial charge in [0, 0.05) is 6.54 Å². The van der Waals surface area contributed by atoms with Gasteiger partial charge in [0.1, 0.15) is 18.7 Å². The number of esters is 1. The van der Waals surface area contributed by atoms with Crippen LogP contribution in [0.4, 0.5) is 0 Å². The van der Waals surface area contributed by atoms with E-state index in [1.165, 1.54) is 17.0 Å². The Labute approximate surface area is 158 Å². The van der Waals surface area contributed by atoms with Crippen molar-refractivity contribution in [3.05, 3.63) is 48.5 Å². The molecule has 0 aliphatic carbocycles. The van der Waals surface area contributed by atoms with Crippen LogP contribution in [0, 0.1) is 0 Å². The molecule has 9 nitrogen and oxygen atoms in total. The van der Waals surface area contributed by atoms with Crippen molar-refractivity contribution < 1.29 is 17.9 Å². The first-order valence-electron chi connectivity index (χ1n) is 8.84. The number of hydrogen-bond acceptors (Lipinski definition) is 6. The lowest BCUT2D eigenvalue weighted by atomic mass is 10.1. The molecule has 0 radical (unpaired) electrons. The van der Waals surface area contributed by atoms with Crippen molar-refractivity contribution in [2.45, 2.75) is 38.4 Å². The van der Waals surface area contributed by atoms with E-state index in [2.05, 4.69) is 14.8 Å². The normalized spacial score (nSPS) is 19.1. The lowest BCUT2D eigenvalue weighted by Gasteiger charge is -2.26. The van der Waals surface area contributed by atoms with Gasteiger partial charge in [0.05, 0.1) is 19.2 Å². The summed E-state index contributed by atoms with van der Waals surface area (Å²) in [6.07, 6.45) is 4.00. The monoisotopic (exact) mass is 393 g/mol. The Hall–Kier alpha value is -2.30. The van der Waals surface area contributed by atoms with E-state index in [-0.39, 0.29) is 19.7 Å². The van der Waals surface area contributed by atoms with Crippen LogP contribution >= 0.6 is 0 Å². The molecule has 146 valence electrons. The predicted molar refractivity (Wildman–Crippen MR) is 97.6 cm³/mol. The highest BCUT2D eigenvalue weighted by Gasteiger charge is 2.40. The minimum atomic E-state index is -3.90. The summed E-state index contributed by atoms with van der Waals surface area (Å²) in [5, 5.41) is 4.06. The lowest BCUT2D eigenvalue weighted by molar-refractivity contribution is -0.146. The summed E-state index contributed by atoms with van der Waals surface area (Å²) in [6.45, 7) is 2.48. The quantitative estimate of drug-likeness (QED) is 0.668. The molecule has 10 heteroatoms. The molecular formula is C17H23N5O4S. The van der Waals surface area contributed by atoms with E-state index < -0.39 is 28.3 Å². The highest BCUT2D eigenvalue weighted by atomic mass is 32.2. The van der Waals surface area contributed by atoms with Crippen LogP contribution in [0.2, 0.25) is 0 Å². The fraction of sp³-hybridized carbons (Fsp3) is 0.471. The van der Waals surface area contributed by atoms with Gasteiger partial charge in [0.15, 0.2) is 0 Å². The largest absolute Gasteiger partial charge is 0.465 e. The highest BCUT2D eigenvalue weighted by molar-refractivity contribution is 7.87. The third-order valence-corrected chi connectivity index (χ3v) is 6.04. The second kappa shape index (κ2) is 8.59. The number of rotatable bonds is 8. The molecule has 0 amide bonds. The predicted octanol–water partition coefficient (Wildman–Crippen LogP) is 0.881. The highest BCUT2D eigenvalue weighted by Crippen LogP contribution is 2.24. The van der Waals surface area contributed by atoms with Gasteiger partial charge in [0.25, 0.3) is 10.2 Å². The molecule has 1 fully saturated rings. The Kier molecular flexibility index (Phi) is 6.19. The minimum absolute atomic E-state index is 0.218. The zero-order valence-corrected chi connectivity index (χ0v) is 15.9. The third-order valence-electron chi connectivity index (χ3n) is 4.40. The molecule has 1 aliphatic heterocycles. The number of carbonyl (C=O) groups excluding carboxylic acids is 1. The van der Waals surface area contributed by atoms with Crippen LogP contribution in [0.5, 0.6) is 0 Å². The molecule has 0 bridgehead atoms. The zero-order chi connectivity index (χ0) is 19.3. The maximum atomic E-state index is 13.0. The van der Waals surface area contributed by atoms with Crippen LogP contribution in [0.3, 0.4) is 0 Å². The molecule has 2 unspecified atom stereocenters. The second-order valence-corrected chi connectivity index (χ2v) is 7.88. The molecule has 27 heavy (non-hydrogen) atoms. The van der Waals surface area contributed by atoms with E-state index in [1.807, 2.05) is 30.3 Å². The number of nitrogens with one attached hydrogen (secondary N) is 1. The lowest BCUT2D eigenvalue weighted by Crippen LogP contribution is -2.48. The van der Waals surface area contributed by atoms with Gasteiger partial charge in [-0.25, -0.2) is 4.98 Å². The smallest absolute Gasteiger partial charge is 0.324 e. The molecule has 1 aliphatic rings. The molecule has 1 N–H and O–H groups in total. The van der Waals surface area contributed by atoms with E-state index in [0.29, 0.717) is 12.8 Å². The molecule has 0 spiro atoms. The summed E-state index contributed by atoms with van der Waals surface area (Å²) in [6, 6.07) is 7.90. The number of nitrogens with zero attached hydrogens (tertiary/aromatic N) is 4. The summed E-state index contributed by atoms with van der Waals surface area (Å²) in [7, 11) is -3.90. The standard InChI is InChI=1S/C17H23N5O4S/c1-2-26-17(23)16-9-6-10-22(16)27(24,25)20-15(11-21-13-18-12-19-21)14-7-4-3-5-8-14/h3-5,7-8,12-13,15-16,20H,2,6,9-11H2,1H3. The molecule has 1 aromatic heterocycles. The minimum Gasteiger partial charge on any atom is -0.465 e. The average molecular weight is 393 g/mol. The summed E-state index contributed by atoms with van der Waals surface area (Å²) in [4.78, 5) is 16.0. The first-order valence-corrected chi connectivity index (χ1v) is 10.3. The maximum absolute atomic E-state index is 13.0. The van der Waals surface area contributed by atoms with Gasteiger partial charge in [0.2, 0.25) is 0 Å². The van der Waals surface area contributed by atoms with E-state index in [9.17, 15) is 13.2 Å². The van der Waals surface area contributed by atoms with E-state index in [0.717, 1.165) is 5.56 Å². The first kappa shape index (κ1) is 19.5. The van der Waals surface area contributed by atoms with Gasteiger partial charge in [-0.05, 0) is 25.3 Å². The van der Waals surface area contributed by atoms with Crippen LogP contribution in [0.15, 0.2) is 43.0 Å². The maximum Gasteiger partial charge on any atom is 0.324 e. The Morgan fingerprint density at radius 2 is 2.15 bits per heavy atom. The Bertz CT molecular complexity index is 841. The van der Waals surface area contributed by atoms with Crippen molar-refractivity contribution in [3.63, 3.8) is 0 Å². The summed E-state index contributed by atoms with van der Waals surface area (Å²) >= 11 is 0. The van der Waals surface area contributed by atoms with Crippen molar-refractivity contribution in [2.24, 2.45) is 0 Å². The van der Waals surface area contributed by atoms with Crippen LogP contribution < -0.4 is 4.72 Å². The van der Waals surface area contributed by atoms with Crippen molar-refractivity contribution in [2.75, 3.05) is 13.2 Å². The first-order chi connectivity index (χ1) is 13.0. The molecule has 2 atom stereocenters. The van der Waals surface area contributed by atoms with Crippen LogP contribution in [-0.2, 0) is 26.3 Å². The Morgan fingerprint density at radius 1 is 1.37 bits per heavy atom. The van der Waals surface area contributed by atoms with Gasteiger partial charge < -0.3 is 4.74 Å². The summed E-state index contributed by atoms with van der Waals surface area (Å²) in [5.41, 5.74) is 0.795. The van der Waals surface area contributed by atoms with Crippen LogP contribution in [-0.4, -0.2) is 52.7 Å². The summed E-state index contributed by atoms with van der Waals surface area (Å²) in [5.74, 6) is -0.507. The Morgan fingerprint density at radius 3 is 2.81 bits per heavy atom. The van der Waals surface area contributed by atoms with Crippen molar-refractivity contribution in [1.29, 1.82) is 0 Å². The zero-order valence-electron chi connectivity index (χ0n) is 15.1. The average Bonchev–Trinajstić information content (AvgIpc) is 3.34. The van der Waals surface area contributed by atoms with Crippen LogP contribution in [0.1, 0.15) is 31.4 Å². The van der Waals surface area contributed by atoms with Gasteiger partial charge >= 0.3 is 5.97 Å². The van der Waals surface area contributed by atoms with Crippen LogP contribution in [0.25, 0.3) is 0 Å². The topological polar surface area (TPSA) is 106 Å². The fourth-order valence-corrected chi connectivity index (χ4v) is 4.76. The molecule has 1 saturated heterocycles. The van der Waals surface area contributed by atoms with Crippen molar-refractivity contribution in [3.8, 4) is 0 Å². The molecular weight excluding hydrogens is 370 g/mol. The molecule has 3 rings (SSSR count). The van der Waals surface area contributed by atoms with Gasteiger partial charge in [-0.1, -0.05) is 30.3 Å². The van der Waals surface area contributed by atoms with Gasteiger partial charge in [-0.15, -0.1) is 0 Å². The number of aromatic nitrogens is 3. The number of ether oxygens (including phenoxy) is 1. The molecule has 0 saturated carbocycles. The summed E-state index contributed by atoms with van der Waals surface area (Å²) < 4.78 is 36.6. The van der Waals surface area contributed by atoms with E-state index >= 15 is 0 Å². The fourth-order valence-electron chi connectivity index (χ4n) is 3.16. The van der Waals surface area contributed by atoms with E-state index in [4.69, 9.17) is 4.74 Å². The molecule has 2 aromatic rings. The second-order valence-electron chi connectivity index (χ2n) is 6.22. The van der Waals surface area contributed by atoms with Crippen molar-refractivity contribution in [1.82, 2.24) is 23.8 Å². The van der Waals surface area contributed by atoms with Crippen molar-refractivity contribution >= 4 is 16.2 Å². The SMILES string of the molecule is CCOC(=O)C1CCCN1S(=O)(=O)NC(Cn1cncn1)c1ccccc1. The van der Waals surface area contributed by atoms with E-state index in [1.54, 1.807) is 11.6 Å². The molecule has 2 heterocycles. The molecule has 1 aromatic carbocycles. The number of hydrogen-bond donors (Lipinski definition) is 1. The van der Waals surface area contributed by atoms with Gasteiger partial charge in [-0.3, -0.25) is 9.48 Å². The number of carbonyl (C=O) groups is 1.